The maximum atomic E-state index is 11.4. The predicted molar refractivity (Wildman–Crippen MR) is 60.1 cm³/mol. The highest BCUT2D eigenvalue weighted by atomic mass is 35.5. The topological polar surface area (TPSA) is 78.5 Å². The maximum absolute atomic E-state index is 11.4. The van der Waals surface area contributed by atoms with E-state index in [0.717, 1.165) is 0 Å². The summed E-state index contributed by atoms with van der Waals surface area (Å²) in [6.45, 7) is 2.97. The number of hydrogen-bond acceptors (Lipinski definition) is 3. The molecule has 4 amide bonds. The van der Waals surface area contributed by atoms with Gasteiger partial charge in [-0.1, -0.05) is 0 Å². The highest BCUT2D eigenvalue weighted by Gasteiger charge is 2.19. The van der Waals surface area contributed by atoms with E-state index < -0.39 is 23.4 Å². The highest BCUT2D eigenvalue weighted by molar-refractivity contribution is 6.31. The first-order chi connectivity index (χ1) is 7.25. The molecule has 0 saturated carbocycles. The molecule has 0 rings (SSSR count). The lowest BCUT2D eigenvalue weighted by Crippen LogP contribution is -2.50. The average Bonchev–Trinajstić information content (AvgIpc) is 2.15. The number of imide groups is 1. The Morgan fingerprint density at radius 1 is 1.19 bits per heavy atom. The van der Waals surface area contributed by atoms with Crippen LogP contribution in [-0.2, 0) is 9.59 Å². The number of alkyl halides is 1. The van der Waals surface area contributed by atoms with Gasteiger partial charge in [-0.2, -0.15) is 0 Å². The lowest BCUT2D eigenvalue weighted by Gasteiger charge is -2.18. The van der Waals surface area contributed by atoms with Crippen LogP contribution in [0.15, 0.2) is 0 Å². The number of hydrogen-bond donors (Lipinski definition) is 2. The molecule has 2 atom stereocenters. The molecular weight excluding hydrogens is 234 g/mol. The van der Waals surface area contributed by atoms with Crippen molar-refractivity contribution >= 4 is 29.4 Å². The fraction of sp³-hybridized carbons (Fsp3) is 0.667. The Labute approximate surface area is 99.3 Å². The van der Waals surface area contributed by atoms with Gasteiger partial charge in [0.25, 0.3) is 0 Å². The second-order valence-electron chi connectivity index (χ2n) is 3.53. The van der Waals surface area contributed by atoms with E-state index in [0.29, 0.717) is 0 Å². The van der Waals surface area contributed by atoms with Crippen molar-refractivity contribution in [3.8, 4) is 0 Å². The summed E-state index contributed by atoms with van der Waals surface area (Å²) >= 11 is 5.45. The first-order valence-corrected chi connectivity index (χ1v) is 5.16. The molecule has 6 nitrogen and oxygen atoms in total. The molecule has 0 fully saturated rings. The molecule has 92 valence electrons. The van der Waals surface area contributed by atoms with Gasteiger partial charge in [0.15, 0.2) is 0 Å². The number of carbonyl (C=O) groups excluding carboxylic acids is 3. The molecule has 2 N–H and O–H groups in total. The SMILES string of the molecule is CC(Cl)C(=O)NC(=O)NC(C)C(=O)N(C)C. The van der Waals surface area contributed by atoms with E-state index in [1.165, 1.54) is 18.7 Å². The number of amides is 4. The van der Waals surface area contributed by atoms with Gasteiger partial charge in [-0.15, -0.1) is 11.6 Å². The zero-order valence-electron chi connectivity index (χ0n) is 9.70. The zero-order chi connectivity index (χ0) is 12.9. The van der Waals surface area contributed by atoms with E-state index in [4.69, 9.17) is 11.6 Å². The number of halogens is 1. The average molecular weight is 250 g/mol. The van der Waals surface area contributed by atoms with Crippen molar-refractivity contribution in [3.05, 3.63) is 0 Å². The smallest absolute Gasteiger partial charge is 0.322 e. The van der Waals surface area contributed by atoms with Crippen molar-refractivity contribution in [2.75, 3.05) is 14.1 Å². The molecular formula is C9H16ClN3O3. The van der Waals surface area contributed by atoms with Gasteiger partial charge in [0.05, 0.1) is 0 Å². The van der Waals surface area contributed by atoms with E-state index in [-0.39, 0.29) is 5.91 Å². The Hall–Kier alpha value is -1.30. The number of urea groups is 1. The molecule has 2 unspecified atom stereocenters. The molecule has 0 aromatic heterocycles. The van der Waals surface area contributed by atoms with Crippen LogP contribution in [0.5, 0.6) is 0 Å². The van der Waals surface area contributed by atoms with Crippen LogP contribution in [0.2, 0.25) is 0 Å². The van der Waals surface area contributed by atoms with Gasteiger partial charge in [0.2, 0.25) is 11.8 Å². The highest BCUT2D eigenvalue weighted by Crippen LogP contribution is 1.93. The number of carbonyl (C=O) groups is 3. The monoisotopic (exact) mass is 249 g/mol. The maximum Gasteiger partial charge on any atom is 0.322 e. The van der Waals surface area contributed by atoms with Crippen LogP contribution in [0.1, 0.15) is 13.8 Å². The van der Waals surface area contributed by atoms with Crippen molar-refractivity contribution < 1.29 is 14.4 Å². The molecule has 0 aliphatic heterocycles. The summed E-state index contributed by atoms with van der Waals surface area (Å²) < 4.78 is 0. The van der Waals surface area contributed by atoms with Crippen molar-refractivity contribution in [3.63, 3.8) is 0 Å². The van der Waals surface area contributed by atoms with Gasteiger partial charge >= 0.3 is 6.03 Å². The first-order valence-electron chi connectivity index (χ1n) is 4.72. The fourth-order valence-electron chi connectivity index (χ4n) is 0.893. The number of nitrogens with zero attached hydrogens (tertiary/aromatic N) is 1. The van der Waals surface area contributed by atoms with E-state index in [1.54, 1.807) is 14.1 Å². The standard InChI is InChI=1S/C9H16ClN3O3/c1-5(10)7(14)12-9(16)11-6(2)8(15)13(3)4/h5-6H,1-4H3,(H2,11,12,14,16). The van der Waals surface area contributed by atoms with Crippen molar-refractivity contribution in [2.45, 2.75) is 25.3 Å². The molecule has 16 heavy (non-hydrogen) atoms. The Morgan fingerprint density at radius 3 is 2.06 bits per heavy atom. The van der Waals surface area contributed by atoms with Crippen LogP contribution in [-0.4, -0.2) is 48.3 Å². The summed E-state index contributed by atoms with van der Waals surface area (Å²) in [7, 11) is 3.15. The van der Waals surface area contributed by atoms with Crippen molar-refractivity contribution in [1.29, 1.82) is 0 Å². The minimum atomic E-state index is -0.800. The van der Waals surface area contributed by atoms with Gasteiger partial charge in [0.1, 0.15) is 11.4 Å². The Kier molecular flexibility index (Phi) is 5.81. The zero-order valence-corrected chi connectivity index (χ0v) is 10.5. The number of rotatable bonds is 3. The van der Waals surface area contributed by atoms with Gasteiger partial charge < -0.3 is 10.2 Å². The second kappa shape index (κ2) is 6.32. The lowest BCUT2D eigenvalue weighted by atomic mass is 10.3. The Morgan fingerprint density at radius 2 is 1.69 bits per heavy atom. The van der Waals surface area contributed by atoms with Gasteiger partial charge in [-0.25, -0.2) is 4.79 Å². The van der Waals surface area contributed by atoms with Crippen LogP contribution in [0.4, 0.5) is 4.79 Å². The third kappa shape index (κ3) is 4.97. The largest absolute Gasteiger partial charge is 0.347 e. The first kappa shape index (κ1) is 14.7. The number of nitrogens with one attached hydrogen (secondary N) is 2. The van der Waals surface area contributed by atoms with Crippen LogP contribution >= 0.6 is 11.6 Å². The van der Waals surface area contributed by atoms with Crippen molar-refractivity contribution in [2.24, 2.45) is 0 Å². The molecule has 0 saturated heterocycles. The Bertz CT molecular complexity index is 292. The third-order valence-corrected chi connectivity index (χ3v) is 1.96. The minimum absolute atomic E-state index is 0.262. The summed E-state index contributed by atoms with van der Waals surface area (Å²) in [6, 6.07) is -1.44. The van der Waals surface area contributed by atoms with E-state index in [2.05, 4.69) is 5.32 Å². The Balaban J connectivity index is 4.16. The summed E-state index contributed by atoms with van der Waals surface area (Å²) in [5, 5.41) is 3.54. The van der Waals surface area contributed by atoms with Gasteiger partial charge in [-0.3, -0.25) is 14.9 Å². The van der Waals surface area contributed by atoms with Crippen LogP contribution < -0.4 is 10.6 Å². The minimum Gasteiger partial charge on any atom is -0.347 e. The van der Waals surface area contributed by atoms with Gasteiger partial charge in [0, 0.05) is 14.1 Å². The van der Waals surface area contributed by atoms with E-state index in [1.807, 2.05) is 5.32 Å². The van der Waals surface area contributed by atoms with Crippen LogP contribution in [0, 0.1) is 0 Å². The number of likely N-dealkylation sites (N-methyl/N-ethyl adjacent to an activating group) is 1. The third-order valence-electron chi connectivity index (χ3n) is 1.76. The molecule has 0 spiro atoms. The summed E-state index contributed by atoms with van der Waals surface area (Å²) in [5.41, 5.74) is 0. The predicted octanol–water partition coefficient (Wildman–Crippen LogP) is -0.0838. The van der Waals surface area contributed by atoms with E-state index in [9.17, 15) is 14.4 Å². The molecule has 0 aliphatic carbocycles. The molecule has 0 aromatic rings. The van der Waals surface area contributed by atoms with E-state index >= 15 is 0 Å². The molecule has 7 heteroatoms. The lowest BCUT2D eigenvalue weighted by molar-refractivity contribution is -0.130. The summed E-state index contributed by atoms with van der Waals surface area (Å²) in [5.74, 6) is -0.870. The summed E-state index contributed by atoms with van der Waals surface area (Å²) in [4.78, 5) is 35.0. The van der Waals surface area contributed by atoms with Crippen molar-refractivity contribution in [1.82, 2.24) is 15.5 Å². The molecule has 0 aromatic carbocycles. The van der Waals surface area contributed by atoms with Crippen LogP contribution in [0.25, 0.3) is 0 Å². The quantitative estimate of drug-likeness (QED) is 0.687. The molecule has 0 aliphatic rings. The summed E-state index contributed by atoms with van der Waals surface area (Å²) in [6.07, 6.45) is 0. The molecule has 0 bridgehead atoms. The van der Waals surface area contributed by atoms with Gasteiger partial charge in [-0.05, 0) is 13.8 Å². The van der Waals surface area contributed by atoms with Crippen LogP contribution in [0.3, 0.4) is 0 Å². The normalized spacial score (nSPS) is 13.6. The fourth-order valence-corrected chi connectivity index (χ4v) is 0.948. The molecule has 0 radical (unpaired) electrons. The second-order valence-corrected chi connectivity index (χ2v) is 4.19. The molecule has 0 heterocycles.